The van der Waals surface area contributed by atoms with Crippen LogP contribution in [0.15, 0.2) is 237 Å². The summed E-state index contributed by atoms with van der Waals surface area (Å²) in [6.07, 6.45) is 0. The summed E-state index contributed by atoms with van der Waals surface area (Å²) in [5, 5.41) is 10.3. The van der Waals surface area contributed by atoms with E-state index in [1.54, 1.807) is 0 Å². The minimum absolute atomic E-state index is 0.0811. The van der Waals surface area contributed by atoms with Crippen molar-refractivity contribution < 1.29 is 0 Å². The van der Waals surface area contributed by atoms with E-state index < -0.39 is 0 Å². The molecule has 0 spiro atoms. The highest BCUT2D eigenvalue weighted by Crippen LogP contribution is 2.56. The molecule has 0 amide bonds. The zero-order valence-electron chi connectivity index (χ0n) is 49.0. The van der Waals surface area contributed by atoms with E-state index in [1.165, 1.54) is 171 Å². The van der Waals surface area contributed by atoms with E-state index in [-0.39, 0.29) is 21.7 Å². The average molecular weight is 1060 g/mol. The predicted molar refractivity (Wildman–Crippen MR) is 355 cm³/mol. The summed E-state index contributed by atoms with van der Waals surface area (Å²) in [5.41, 5.74) is 30.1. The number of hydrogen-bond donors (Lipinski definition) is 0. The lowest BCUT2D eigenvalue weighted by Gasteiger charge is -2.24. The van der Waals surface area contributed by atoms with E-state index in [9.17, 15) is 0 Å². The predicted octanol–water partition coefficient (Wildman–Crippen LogP) is 22.9. The quantitative estimate of drug-likeness (QED) is 0.151. The summed E-state index contributed by atoms with van der Waals surface area (Å²) in [5.74, 6) is 0. The van der Waals surface area contributed by atoms with Crippen molar-refractivity contribution in [3.63, 3.8) is 0 Å². The molecule has 0 nitrogen and oxygen atoms in total. The molecule has 0 saturated carbocycles. The molecule has 398 valence electrons. The summed E-state index contributed by atoms with van der Waals surface area (Å²) in [7, 11) is 0. The van der Waals surface area contributed by atoms with E-state index in [2.05, 4.69) is 299 Å². The van der Waals surface area contributed by atoms with Gasteiger partial charge in [0.2, 0.25) is 0 Å². The van der Waals surface area contributed by atoms with Crippen LogP contribution in [0.4, 0.5) is 0 Å². The maximum absolute atomic E-state index is 2.52. The van der Waals surface area contributed by atoms with Crippen molar-refractivity contribution in [2.75, 3.05) is 0 Å². The molecule has 83 heavy (non-hydrogen) atoms. The Labute approximate surface area is 488 Å². The normalized spacial score (nSPS) is 14.9. The minimum Gasteiger partial charge on any atom is -0.0619 e. The first-order chi connectivity index (χ1) is 40.1. The third-order valence-corrected chi connectivity index (χ3v) is 20.0. The van der Waals surface area contributed by atoms with E-state index in [0.717, 1.165) is 0 Å². The molecule has 0 N–H and O–H groups in total. The van der Waals surface area contributed by atoms with Crippen LogP contribution in [0, 0.1) is 0 Å². The highest BCUT2D eigenvalue weighted by molar-refractivity contribution is 6.23. The molecular formula is C83H66. The molecule has 0 unspecified atom stereocenters. The van der Waals surface area contributed by atoms with E-state index in [1.807, 2.05) is 0 Å². The minimum atomic E-state index is -0.219. The molecule has 0 heterocycles. The molecular weight excluding hydrogens is 997 g/mol. The fourth-order valence-corrected chi connectivity index (χ4v) is 15.6. The maximum Gasteiger partial charge on any atom is 0.0159 e. The molecule has 0 saturated heterocycles. The van der Waals surface area contributed by atoms with Gasteiger partial charge in [-0.05, 0) is 207 Å². The Morgan fingerprint density at radius 2 is 0.446 bits per heavy atom. The van der Waals surface area contributed by atoms with Gasteiger partial charge in [-0.1, -0.05) is 269 Å². The first-order valence-electron chi connectivity index (χ1n) is 29.9. The Hall–Kier alpha value is -9.10. The lowest BCUT2D eigenvalue weighted by molar-refractivity contribution is 0.590. The molecule has 13 aromatic carbocycles. The second kappa shape index (κ2) is 17.5. The van der Waals surface area contributed by atoms with Crippen molar-refractivity contribution in [1.29, 1.82) is 0 Å². The van der Waals surface area contributed by atoms with Crippen molar-refractivity contribution >= 4 is 43.1 Å². The zero-order chi connectivity index (χ0) is 56.5. The largest absolute Gasteiger partial charge is 0.0619 e. The van der Waals surface area contributed by atoms with Gasteiger partial charge in [0.25, 0.3) is 0 Å². The summed E-state index contributed by atoms with van der Waals surface area (Å²) in [6, 6.07) is 90.9. The van der Waals surface area contributed by atoms with Gasteiger partial charge in [-0.3, -0.25) is 0 Å². The summed E-state index contributed by atoms with van der Waals surface area (Å²) < 4.78 is 0. The average Bonchev–Trinajstić information content (AvgIpc) is 4.09. The second-order valence-electron chi connectivity index (χ2n) is 26.7. The first-order valence-corrected chi connectivity index (χ1v) is 29.9. The second-order valence-corrected chi connectivity index (χ2v) is 26.7. The Balaban J connectivity index is 0.750. The molecule has 0 aromatic heterocycles. The van der Waals surface area contributed by atoms with Crippen molar-refractivity contribution in [2.24, 2.45) is 0 Å². The summed E-state index contributed by atoms with van der Waals surface area (Å²) in [4.78, 5) is 0. The summed E-state index contributed by atoms with van der Waals surface area (Å²) in [6.45, 7) is 21.4. The molecule has 0 heteroatoms. The molecule has 3 aliphatic rings. The smallest absolute Gasteiger partial charge is 0.0159 e. The zero-order valence-corrected chi connectivity index (χ0v) is 49.0. The molecule has 0 atom stereocenters. The number of benzene rings is 13. The third kappa shape index (κ3) is 7.12. The fourth-order valence-electron chi connectivity index (χ4n) is 15.6. The van der Waals surface area contributed by atoms with E-state index in [4.69, 9.17) is 0 Å². The van der Waals surface area contributed by atoms with Gasteiger partial charge in [-0.25, -0.2) is 0 Å². The van der Waals surface area contributed by atoms with Crippen LogP contribution >= 0.6 is 0 Å². The van der Waals surface area contributed by atoms with E-state index >= 15 is 0 Å². The van der Waals surface area contributed by atoms with Crippen LogP contribution < -0.4 is 0 Å². The van der Waals surface area contributed by atoms with Crippen molar-refractivity contribution in [1.82, 2.24) is 0 Å². The Kier molecular flexibility index (Phi) is 10.5. The van der Waals surface area contributed by atoms with Crippen molar-refractivity contribution in [3.05, 3.63) is 276 Å². The van der Waals surface area contributed by atoms with Gasteiger partial charge >= 0.3 is 0 Å². The van der Waals surface area contributed by atoms with Crippen LogP contribution in [0.3, 0.4) is 0 Å². The van der Waals surface area contributed by atoms with Crippen molar-refractivity contribution in [3.8, 4) is 89.0 Å². The van der Waals surface area contributed by atoms with Crippen LogP contribution in [0.2, 0.25) is 0 Å². The van der Waals surface area contributed by atoms with Crippen LogP contribution in [0.1, 0.15) is 101 Å². The molecule has 3 aliphatic carbocycles. The van der Waals surface area contributed by atoms with Gasteiger partial charge in [-0.15, -0.1) is 0 Å². The number of fused-ring (bicyclic) bond motifs is 13. The van der Waals surface area contributed by atoms with Crippen LogP contribution in [-0.2, 0) is 21.7 Å². The molecule has 13 aromatic rings. The highest BCUT2D eigenvalue weighted by atomic mass is 14.4. The summed E-state index contributed by atoms with van der Waals surface area (Å²) >= 11 is 0. The SMILES string of the molecule is CC(C)(C)c1ccc(-c2c3ccccc3c(-c3ccc4c(c3)C(C)(C)c3cc(-c5ccc6c(c5)C(C)(C)c5cc(-c7c8ccccc8c(-c8ccc9c(c8)C(C)(C)c8ccccc8-9)c8ccccc78)ccc5-6)ccc3-4)c3ccccc23)cc1. The Morgan fingerprint density at radius 3 is 0.759 bits per heavy atom. The van der Waals surface area contributed by atoms with Gasteiger partial charge in [0.15, 0.2) is 0 Å². The number of hydrogen-bond acceptors (Lipinski definition) is 0. The highest BCUT2D eigenvalue weighted by Gasteiger charge is 2.39. The lowest BCUT2D eigenvalue weighted by atomic mass is 9.79. The van der Waals surface area contributed by atoms with E-state index in [0.29, 0.717) is 0 Å². The molecule has 0 fully saturated rings. The van der Waals surface area contributed by atoms with Gasteiger partial charge in [0.1, 0.15) is 0 Å². The Bertz CT molecular complexity index is 4830. The third-order valence-electron chi connectivity index (χ3n) is 20.0. The van der Waals surface area contributed by atoms with Gasteiger partial charge < -0.3 is 0 Å². The van der Waals surface area contributed by atoms with Crippen LogP contribution in [0.5, 0.6) is 0 Å². The van der Waals surface area contributed by atoms with Gasteiger partial charge in [0, 0.05) is 16.2 Å². The van der Waals surface area contributed by atoms with Crippen LogP contribution in [0.25, 0.3) is 132 Å². The molecule has 0 radical (unpaired) electrons. The standard InChI is InChI=1S/C83H66/c1-80(2,3)55-37-30-49(31-38-55)76-62-21-10-12-23-64(62)77(65-24-13-11-22-63(65)76)53-35-42-60-58-39-32-50(44-71(58)82(6,7)74(60)47-53)51-33-40-59-61-43-36-54(48-75(61)83(8,9)72(59)45-51)79-68-27-16-14-25-66(68)78(67-26-15-17-28-69(67)79)52-34-41-57-56-20-18-19-29-70(56)81(4,5)73(57)46-52/h10-48H,1-9H3. The van der Waals surface area contributed by atoms with Crippen LogP contribution in [-0.4, -0.2) is 0 Å². The topological polar surface area (TPSA) is 0 Å². The molecule has 0 bridgehead atoms. The Morgan fingerprint density at radius 1 is 0.217 bits per heavy atom. The fraction of sp³-hybridized carbons (Fsp3) is 0.157. The van der Waals surface area contributed by atoms with Gasteiger partial charge in [0.05, 0.1) is 0 Å². The van der Waals surface area contributed by atoms with Gasteiger partial charge in [-0.2, -0.15) is 0 Å². The molecule has 0 aliphatic heterocycles. The first kappa shape index (κ1) is 49.7. The van der Waals surface area contributed by atoms with Crippen molar-refractivity contribution in [2.45, 2.75) is 84.0 Å². The monoisotopic (exact) mass is 1060 g/mol. The number of rotatable bonds is 5. The maximum atomic E-state index is 2.52. The molecule has 16 rings (SSSR count). The lowest BCUT2D eigenvalue weighted by Crippen LogP contribution is -2.15.